The van der Waals surface area contributed by atoms with Crippen molar-refractivity contribution in [2.75, 3.05) is 6.54 Å². The van der Waals surface area contributed by atoms with Gasteiger partial charge in [-0.05, 0) is 26.3 Å². The molecule has 0 aromatic carbocycles. The molecule has 13 heavy (non-hydrogen) atoms. The van der Waals surface area contributed by atoms with Crippen LogP contribution in [0.4, 0.5) is 0 Å². The van der Waals surface area contributed by atoms with Crippen LogP contribution in [0.2, 0.25) is 0 Å². The summed E-state index contributed by atoms with van der Waals surface area (Å²) >= 11 is 0. The van der Waals surface area contributed by atoms with Crippen molar-refractivity contribution in [2.24, 2.45) is 0 Å². The standard InChI is InChI=1S/C10H19N3/c1-3-10(2)12-5-4-7-13-8-6-11-9-13/h6,8-10,12H,3-5,7H2,1-2H3/t10-/m0/s1. The molecule has 0 saturated carbocycles. The minimum absolute atomic E-state index is 0.641. The highest BCUT2D eigenvalue weighted by Crippen LogP contribution is 1.91. The first-order valence-corrected chi connectivity index (χ1v) is 5.02. The Morgan fingerprint density at radius 2 is 2.38 bits per heavy atom. The van der Waals surface area contributed by atoms with E-state index in [1.54, 1.807) is 0 Å². The highest BCUT2D eigenvalue weighted by molar-refractivity contribution is 4.73. The van der Waals surface area contributed by atoms with Gasteiger partial charge in [0.1, 0.15) is 0 Å². The topological polar surface area (TPSA) is 29.9 Å². The van der Waals surface area contributed by atoms with Crippen molar-refractivity contribution in [1.82, 2.24) is 14.9 Å². The molecular formula is C10H19N3. The lowest BCUT2D eigenvalue weighted by Crippen LogP contribution is -2.26. The zero-order valence-corrected chi connectivity index (χ0v) is 8.53. The van der Waals surface area contributed by atoms with Gasteiger partial charge in [0.25, 0.3) is 0 Å². The number of rotatable bonds is 6. The van der Waals surface area contributed by atoms with Crippen molar-refractivity contribution in [1.29, 1.82) is 0 Å². The third-order valence-corrected chi connectivity index (χ3v) is 2.26. The number of hydrogen-bond acceptors (Lipinski definition) is 2. The molecule has 3 nitrogen and oxygen atoms in total. The van der Waals surface area contributed by atoms with Gasteiger partial charge in [0, 0.05) is 25.0 Å². The quantitative estimate of drug-likeness (QED) is 0.676. The molecule has 0 aliphatic rings. The van der Waals surface area contributed by atoms with Crippen LogP contribution in [0.3, 0.4) is 0 Å². The van der Waals surface area contributed by atoms with E-state index in [0.717, 1.165) is 13.1 Å². The smallest absolute Gasteiger partial charge is 0.0945 e. The van der Waals surface area contributed by atoms with Crippen molar-refractivity contribution in [3.05, 3.63) is 18.7 Å². The molecule has 1 aromatic heterocycles. The summed E-state index contributed by atoms with van der Waals surface area (Å²) in [5, 5.41) is 3.46. The van der Waals surface area contributed by atoms with Crippen LogP contribution in [0.25, 0.3) is 0 Å². The third-order valence-electron chi connectivity index (χ3n) is 2.26. The van der Waals surface area contributed by atoms with E-state index in [9.17, 15) is 0 Å². The lowest BCUT2D eigenvalue weighted by Gasteiger charge is -2.10. The van der Waals surface area contributed by atoms with Crippen molar-refractivity contribution >= 4 is 0 Å². The fraction of sp³-hybridized carbons (Fsp3) is 0.700. The maximum atomic E-state index is 3.99. The Morgan fingerprint density at radius 3 is 3.00 bits per heavy atom. The minimum atomic E-state index is 0.641. The van der Waals surface area contributed by atoms with E-state index in [1.807, 2.05) is 18.7 Å². The number of aromatic nitrogens is 2. The molecule has 0 saturated heterocycles. The van der Waals surface area contributed by atoms with Gasteiger partial charge in [-0.25, -0.2) is 4.98 Å². The largest absolute Gasteiger partial charge is 0.337 e. The molecule has 0 unspecified atom stereocenters. The maximum absolute atomic E-state index is 3.99. The molecule has 0 bridgehead atoms. The Bertz CT molecular complexity index is 206. The molecule has 1 heterocycles. The summed E-state index contributed by atoms with van der Waals surface area (Å²) in [5.74, 6) is 0. The Morgan fingerprint density at radius 1 is 1.54 bits per heavy atom. The van der Waals surface area contributed by atoms with Crippen LogP contribution in [0.15, 0.2) is 18.7 Å². The molecule has 1 N–H and O–H groups in total. The van der Waals surface area contributed by atoms with E-state index in [4.69, 9.17) is 0 Å². The van der Waals surface area contributed by atoms with Crippen LogP contribution in [0.1, 0.15) is 26.7 Å². The van der Waals surface area contributed by atoms with Crippen molar-refractivity contribution in [3.63, 3.8) is 0 Å². The monoisotopic (exact) mass is 181 g/mol. The second-order valence-electron chi connectivity index (χ2n) is 3.42. The minimum Gasteiger partial charge on any atom is -0.337 e. The van der Waals surface area contributed by atoms with Gasteiger partial charge in [-0.1, -0.05) is 6.92 Å². The molecule has 1 rings (SSSR count). The lowest BCUT2D eigenvalue weighted by atomic mass is 10.2. The summed E-state index contributed by atoms with van der Waals surface area (Å²) in [6.07, 6.45) is 8.06. The molecule has 0 fully saturated rings. The summed E-state index contributed by atoms with van der Waals surface area (Å²) in [7, 11) is 0. The Labute approximate surface area is 80.2 Å². The number of hydrogen-bond donors (Lipinski definition) is 1. The third kappa shape index (κ3) is 4.08. The summed E-state index contributed by atoms with van der Waals surface area (Å²) in [6.45, 7) is 6.57. The fourth-order valence-corrected chi connectivity index (χ4v) is 1.17. The summed E-state index contributed by atoms with van der Waals surface area (Å²) < 4.78 is 2.11. The normalized spacial score (nSPS) is 13.1. The number of aryl methyl sites for hydroxylation is 1. The van der Waals surface area contributed by atoms with Crippen LogP contribution < -0.4 is 5.32 Å². The van der Waals surface area contributed by atoms with Crippen LogP contribution >= 0.6 is 0 Å². The van der Waals surface area contributed by atoms with Gasteiger partial charge in [0.15, 0.2) is 0 Å². The molecule has 0 aliphatic heterocycles. The number of nitrogens with one attached hydrogen (secondary N) is 1. The first-order chi connectivity index (χ1) is 6.33. The van der Waals surface area contributed by atoms with Crippen molar-refractivity contribution in [3.8, 4) is 0 Å². The molecule has 0 radical (unpaired) electrons. The van der Waals surface area contributed by atoms with E-state index in [-0.39, 0.29) is 0 Å². The Kier molecular flexibility index (Phi) is 4.54. The molecule has 0 aliphatic carbocycles. The van der Waals surface area contributed by atoms with Crippen LogP contribution in [0.5, 0.6) is 0 Å². The second kappa shape index (κ2) is 5.75. The van der Waals surface area contributed by atoms with Crippen LogP contribution in [-0.4, -0.2) is 22.1 Å². The lowest BCUT2D eigenvalue weighted by molar-refractivity contribution is 0.502. The highest BCUT2D eigenvalue weighted by atomic mass is 15.0. The van der Waals surface area contributed by atoms with E-state index in [0.29, 0.717) is 6.04 Å². The molecule has 1 aromatic rings. The molecular weight excluding hydrogens is 162 g/mol. The average Bonchev–Trinajstić information content (AvgIpc) is 2.64. The van der Waals surface area contributed by atoms with Gasteiger partial charge in [-0.2, -0.15) is 0 Å². The number of imidazole rings is 1. The SMILES string of the molecule is CC[C@H](C)NCCCn1ccnc1. The molecule has 1 atom stereocenters. The van der Waals surface area contributed by atoms with Gasteiger partial charge < -0.3 is 9.88 Å². The van der Waals surface area contributed by atoms with Crippen molar-refractivity contribution in [2.45, 2.75) is 39.3 Å². The van der Waals surface area contributed by atoms with Gasteiger partial charge in [-0.3, -0.25) is 0 Å². The highest BCUT2D eigenvalue weighted by Gasteiger charge is 1.95. The summed E-state index contributed by atoms with van der Waals surface area (Å²) in [6, 6.07) is 0.641. The molecule has 3 heteroatoms. The van der Waals surface area contributed by atoms with E-state index in [1.165, 1.54) is 12.8 Å². The summed E-state index contributed by atoms with van der Waals surface area (Å²) in [5.41, 5.74) is 0. The number of nitrogens with zero attached hydrogens (tertiary/aromatic N) is 2. The van der Waals surface area contributed by atoms with Crippen LogP contribution in [0, 0.1) is 0 Å². The van der Waals surface area contributed by atoms with Gasteiger partial charge in [0.2, 0.25) is 0 Å². The molecule has 0 amide bonds. The van der Waals surface area contributed by atoms with Gasteiger partial charge in [0.05, 0.1) is 6.33 Å². The average molecular weight is 181 g/mol. The van der Waals surface area contributed by atoms with E-state index < -0.39 is 0 Å². The summed E-state index contributed by atoms with van der Waals surface area (Å²) in [4.78, 5) is 3.99. The zero-order chi connectivity index (χ0) is 9.52. The molecule has 0 spiro atoms. The zero-order valence-electron chi connectivity index (χ0n) is 8.53. The Hall–Kier alpha value is -0.830. The maximum Gasteiger partial charge on any atom is 0.0945 e. The van der Waals surface area contributed by atoms with Gasteiger partial charge >= 0.3 is 0 Å². The van der Waals surface area contributed by atoms with Crippen molar-refractivity contribution < 1.29 is 0 Å². The second-order valence-corrected chi connectivity index (χ2v) is 3.42. The van der Waals surface area contributed by atoms with E-state index in [2.05, 4.69) is 28.7 Å². The van der Waals surface area contributed by atoms with Crippen LogP contribution in [-0.2, 0) is 6.54 Å². The van der Waals surface area contributed by atoms with E-state index >= 15 is 0 Å². The van der Waals surface area contributed by atoms with Gasteiger partial charge in [-0.15, -0.1) is 0 Å². The fourth-order valence-electron chi connectivity index (χ4n) is 1.17. The Balaban J connectivity index is 2.02. The predicted molar refractivity (Wildman–Crippen MR) is 54.6 cm³/mol. The molecule has 74 valence electrons. The first kappa shape index (κ1) is 10.3. The predicted octanol–water partition coefficient (Wildman–Crippen LogP) is 1.66. The first-order valence-electron chi connectivity index (χ1n) is 5.02.